The van der Waals surface area contributed by atoms with Gasteiger partial charge in [-0.05, 0) is 25.3 Å². The maximum Gasteiger partial charge on any atom is 0.227 e. The van der Waals surface area contributed by atoms with Gasteiger partial charge < -0.3 is 25.0 Å². The number of nitrogens with one attached hydrogen (secondary N) is 2. The second kappa shape index (κ2) is 12.0. The molecule has 11 nitrogen and oxygen atoms in total. The second-order valence-corrected chi connectivity index (χ2v) is 8.96. The van der Waals surface area contributed by atoms with E-state index in [0.29, 0.717) is 61.8 Å². The molecular weight excluding hydrogens is 482 g/mol. The summed E-state index contributed by atoms with van der Waals surface area (Å²) in [5.41, 5.74) is 1.43. The number of fused-ring (bicyclic) bond motifs is 1. The first kappa shape index (κ1) is 25.7. The molecule has 0 bridgehead atoms. The Labute approximate surface area is 213 Å². The minimum Gasteiger partial charge on any atom is -0.497 e. The average molecular weight is 514 g/mol. The molecule has 12 heteroatoms. The van der Waals surface area contributed by atoms with Crippen LogP contribution < -0.4 is 20.3 Å². The molecule has 1 aliphatic rings. The summed E-state index contributed by atoms with van der Waals surface area (Å²) < 4.78 is 12.4. The van der Waals surface area contributed by atoms with Gasteiger partial charge in [-0.25, -0.2) is 14.6 Å². The van der Waals surface area contributed by atoms with Gasteiger partial charge in [-0.3, -0.25) is 9.59 Å². The largest absolute Gasteiger partial charge is 0.497 e. The van der Waals surface area contributed by atoms with Crippen molar-refractivity contribution in [2.24, 2.45) is 5.92 Å². The molecule has 1 saturated heterocycles. The van der Waals surface area contributed by atoms with E-state index in [-0.39, 0.29) is 18.2 Å². The number of hydrogen-bond acceptors (Lipinski definition) is 9. The van der Waals surface area contributed by atoms with Gasteiger partial charge in [0.25, 0.3) is 0 Å². The Hall–Kier alpha value is -3.38. The van der Waals surface area contributed by atoms with Gasteiger partial charge in [-0.15, -0.1) is 0 Å². The summed E-state index contributed by atoms with van der Waals surface area (Å²) in [7, 11) is 1.58. The number of amides is 2. The zero-order valence-corrected chi connectivity index (χ0v) is 21.5. The standard InChI is InChI=1S/C24H31N7O4S/c1-4-35-11-9-25-21-19-14-27-31(22(19)29-24(28-21)36-3)10-8-26-23(33)16-12-20(32)30(15-16)17-6-5-7-18(13-17)34-2/h5-7,13-14,16H,4,8-12,15H2,1-3H3,(H,26,33)(H,25,28,29). The van der Waals surface area contributed by atoms with Gasteiger partial charge in [0.2, 0.25) is 11.8 Å². The summed E-state index contributed by atoms with van der Waals surface area (Å²) in [6.45, 7) is 4.97. The molecule has 2 aromatic heterocycles. The van der Waals surface area contributed by atoms with Gasteiger partial charge in [0.15, 0.2) is 10.8 Å². The monoisotopic (exact) mass is 513 g/mol. The second-order valence-electron chi connectivity index (χ2n) is 8.19. The first-order chi connectivity index (χ1) is 17.5. The van der Waals surface area contributed by atoms with Gasteiger partial charge in [-0.1, -0.05) is 17.8 Å². The number of carbonyl (C=O) groups excluding carboxylic acids is 2. The highest BCUT2D eigenvalue weighted by molar-refractivity contribution is 7.98. The van der Waals surface area contributed by atoms with Crippen LogP contribution in [0.4, 0.5) is 11.5 Å². The van der Waals surface area contributed by atoms with Crippen molar-refractivity contribution in [3.05, 3.63) is 30.5 Å². The van der Waals surface area contributed by atoms with E-state index in [9.17, 15) is 9.59 Å². The van der Waals surface area contributed by atoms with Crippen LogP contribution in [0.3, 0.4) is 0 Å². The molecular formula is C24H31N7O4S. The maximum atomic E-state index is 12.8. The van der Waals surface area contributed by atoms with Crippen LogP contribution in [0.15, 0.2) is 35.6 Å². The van der Waals surface area contributed by atoms with Crippen molar-refractivity contribution in [2.75, 3.05) is 56.4 Å². The quantitative estimate of drug-likeness (QED) is 0.213. The molecule has 2 N–H and O–H groups in total. The first-order valence-electron chi connectivity index (χ1n) is 11.8. The Balaban J connectivity index is 1.36. The molecule has 0 aliphatic carbocycles. The van der Waals surface area contributed by atoms with E-state index in [0.717, 1.165) is 11.1 Å². The number of nitrogens with zero attached hydrogens (tertiary/aromatic N) is 5. The third-order valence-corrected chi connectivity index (χ3v) is 6.43. The predicted octanol–water partition coefficient (Wildman–Crippen LogP) is 2.17. The number of hydrogen-bond donors (Lipinski definition) is 2. The average Bonchev–Trinajstić information content (AvgIpc) is 3.50. The molecule has 4 rings (SSSR count). The number of carbonyl (C=O) groups is 2. The summed E-state index contributed by atoms with van der Waals surface area (Å²) in [4.78, 5) is 36.2. The molecule has 192 valence electrons. The highest BCUT2D eigenvalue weighted by Gasteiger charge is 2.35. The van der Waals surface area contributed by atoms with Gasteiger partial charge in [0.1, 0.15) is 11.6 Å². The Bertz CT molecular complexity index is 1220. The molecule has 1 fully saturated rings. The molecule has 1 atom stereocenters. The van der Waals surface area contributed by atoms with Gasteiger partial charge in [-0.2, -0.15) is 5.10 Å². The zero-order chi connectivity index (χ0) is 25.5. The topological polar surface area (TPSA) is 124 Å². The lowest BCUT2D eigenvalue weighted by Crippen LogP contribution is -2.35. The molecule has 0 spiro atoms. The number of anilines is 2. The Kier molecular flexibility index (Phi) is 8.60. The summed E-state index contributed by atoms with van der Waals surface area (Å²) in [5.74, 6) is 0.738. The van der Waals surface area contributed by atoms with Crippen molar-refractivity contribution in [1.82, 2.24) is 25.1 Å². The smallest absolute Gasteiger partial charge is 0.227 e. The summed E-state index contributed by atoms with van der Waals surface area (Å²) >= 11 is 1.45. The van der Waals surface area contributed by atoms with Crippen molar-refractivity contribution >= 4 is 46.1 Å². The third kappa shape index (κ3) is 5.88. The van der Waals surface area contributed by atoms with Crippen LogP contribution in [-0.2, 0) is 20.9 Å². The van der Waals surface area contributed by atoms with E-state index in [1.807, 2.05) is 31.4 Å². The number of benzene rings is 1. The summed E-state index contributed by atoms with van der Waals surface area (Å²) in [5, 5.41) is 12.1. The van der Waals surface area contributed by atoms with Crippen molar-refractivity contribution in [2.45, 2.75) is 25.0 Å². The molecule has 3 heterocycles. The van der Waals surface area contributed by atoms with Crippen LogP contribution in [0.1, 0.15) is 13.3 Å². The van der Waals surface area contributed by atoms with Crippen LogP contribution in [-0.4, -0.2) is 77.8 Å². The van der Waals surface area contributed by atoms with Crippen molar-refractivity contribution in [3.8, 4) is 5.75 Å². The first-order valence-corrected chi connectivity index (χ1v) is 13.1. The number of rotatable bonds is 12. The highest BCUT2D eigenvalue weighted by atomic mass is 32.2. The van der Waals surface area contributed by atoms with E-state index in [1.54, 1.807) is 29.0 Å². The molecule has 2 amide bonds. The molecule has 1 aromatic carbocycles. The fourth-order valence-electron chi connectivity index (χ4n) is 4.05. The van der Waals surface area contributed by atoms with E-state index in [4.69, 9.17) is 9.47 Å². The minimum absolute atomic E-state index is 0.0767. The lowest BCUT2D eigenvalue weighted by atomic mass is 10.1. The number of thioether (sulfide) groups is 1. The fraction of sp³-hybridized carbons (Fsp3) is 0.458. The Morgan fingerprint density at radius 1 is 1.28 bits per heavy atom. The van der Waals surface area contributed by atoms with Gasteiger partial charge in [0.05, 0.1) is 37.8 Å². The van der Waals surface area contributed by atoms with Crippen molar-refractivity contribution in [3.63, 3.8) is 0 Å². The van der Waals surface area contributed by atoms with Crippen LogP contribution in [0.2, 0.25) is 0 Å². The minimum atomic E-state index is -0.412. The SMILES string of the molecule is CCOCCNc1nc(SC)nc2c1cnn2CCNC(=O)C1CC(=O)N(c2cccc(OC)c2)C1. The summed E-state index contributed by atoms with van der Waals surface area (Å²) in [6, 6.07) is 7.29. The fourth-order valence-corrected chi connectivity index (χ4v) is 4.41. The number of ether oxygens (including phenoxy) is 2. The third-order valence-electron chi connectivity index (χ3n) is 5.88. The van der Waals surface area contributed by atoms with Crippen LogP contribution in [0.25, 0.3) is 11.0 Å². The molecule has 36 heavy (non-hydrogen) atoms. The number of aromatic nitrogens is 4. The van der Waals surface area contributed by atoms with E-state index in [1.165, 1.54) is 11.8 Å². The Morgan fingerprint density at radius 3 is 2.92 bits per heavy atom. The lowest BCUT2D eigenvalue weighted by Gasteiger charge is -2.17. The van der Waals surface area contributed by atoms with Crippen molar-refractivity contribution < 1.29 is 19.1 Å². The number of methoxy groups -OCH3 is 1. The summed E-state index contributed by atoms with van der Waals surface area (Å²) in [6.07, 6.45) is 3.82. The molecule has 0 radical (unpaired) electrons. The predicted molar refractivity (Wildman–Crippen MR) is 139 cm³/mol. The van der Waals surface area contributed by atoms with E-state index >= 15 is 0 Å². The van der Waals surface area contributed by atoms with E-state index < -0.39 is 5.92 Å². The van der Waals surface area contributed by atoms with Crippen LogP contribution >= 0.6 is 11.8 Å². The van der Waals surface area contributed by atoms with Gasteiger partial charge in [0, 0.05) is 44.4 Å². The zero-order valence-electron chi connectivity index (χ0n) is 20.7. The van der Waals surface area contributed by atoms with Crippen LogP contribution in [0, 0.1) is 5.92 Å². The van der Waals surface area contributed by atoms with Gasteiger partial charge >= 0.3 is 0 Å². The van der Waals surface area contributed by atoms with Crippen molar-refractivity contribution in [1.29, 1.82) is 0 Å². The highest BCUT2D eigenvalue weighted by Crippen LogP contribution is 2.28. The maximum absolute atomic E-state index is 12.8. The molecule has 3 aromatic rings. The normalized spacial score (nSPS) is 15.5. The molecule has 1 aliphatic heterocycles. The van der Waals surface area contributed by atoms with Crippen LogP contribution in [0.5, 0.6) is 5.75 Å². The Morgan fingerprint density at radius 2 is 2.14 bits per heavy atom. The lowest BCUT2D eigenvalue weighted by molar-refractivity contribution is -0.126. The molecule has 0 saturated carbocycles. The molecule has 1 unspecified atom stereocenters. The van der Waals surface area contributed by atoms with E-state index in [2.05, 4.69) is 25.7 Å².